The molecule has 8 nitrogen and oxygen atoms in total. The fraction of sp³-hybridized carbons (Fsp3) is 0.524. The van der Waals surface area contributed by atoms with Crippen LogP contribution in [0.15, 0.2) is 29.6 Å². The molecule has 2 fully saturated rings. The van der Waals surface area contributed by atoms with E-state index in [0.29, 0.717) is 32.0 Å². The van der Waals surface area contributed by atoms with Crippen molar-refractivity contribution in [3.63, 3.8) is 0 Å². The van der Waals surface area contributed by atoms with Gasteiger partial charge in [0.15, 0.2) is 0 Å². The Bertz CT molecular complexity index is 1010. The highest BCUT2D eigenvalue weighted by Gasteiger charge is 2.29. The number of thiazole rings is 1. The quantitative estimate of drug-likeness (QED) is 0.707. The highest BCUT2D eigenvalue weighted by Crippen LogP contribution is 2.32. The Balaban J connectivity index is 1.41. The number of nitrogens with one attached hydrogen (secondary N) is 1. The van der Waals surface area contributed by atoms with Gasteiger partial charge in [-0.1, -0.05) is 12.1 Å². The Labute approximate surface area is 187 Å². The standard InChI is InChI=1S/C21H28N4O4S2/c1-2-31(27,28)25-9-7-16(8-10-25)21-23-18(15-30-21)20(26)22-17-5-3-4-6-19(17)24-11-13-29-14-12-24/h3-6,15-16H,2,7-14H2,1H3,(H,22,26). The lowest BCUT2D eigenvalue weighted by atomic mass is 9.99. The summed E-state index contributed by atoms with van der Waals surface area (Å²) < 4.78 is 31.1. The van der Waals surface area contributed by atoms with E-state index in [4.69, 9.17) is 4.74 Å². The normalized spacial score (nSPS) is 18.8. The molecule has 31 heavy (non-hydrogen) atoms. The molecule has 1 aromatic heterocycles. The van der Waals surface area contributed by atoms with Gasteiger partial charge in [-0.3, -0.25) is 4.79 Å². The van der Waals surface area contributed by atoms with Crippen molar-refractivity contribution in [2.45, 2.75) is 25.7 Å². The van der Waals surface area contributed by atoms with E-state index in [-0.39, 0.29) is 17.6 Å². The van der Waals surface area contributed by atoms with Crippen molar-refractivity contribution in [3.05, 3.63) is 40.3 Å². The van der Waals surface area contributed by atoms with Crippen molar-refractivity contribution in [2.75, 3.05) is 55.4 Å². The minimum absolute atomic E-state index is 0.130. The molecule has 1 N–H and O–H groups in total. The lowest BCUT2D eigenvalue weighted by molar-refractivity contribution is 0.102. The molecule has 2 saturated heterocycles. The molecule has 0 aliphatic carbocycles. The molecule has 168 valence electrons. The second kappa shape index (κ2) is 9.64. The molecule has 2 aliphatic heterocycles. The van der Waals surface area contributed by atoms with Crippen LogP contribution in [0.25, 0.3) is 0 Å². The van der Waals surface area contributed by atoms with Gasteiger partial charge in [0.25, 0.3) is 5.91 Å². The minimum atomic E-state index is -3.14. The molecule has 2 aliphatic rings. The lowest BCUT2D eigenvalue weighted by Crippen LogP contribution is -2.38. The smallest absolute Gasteiger partial charge is 0.275 e. The van der Waals surface area contributed by atoms with E-state index in [1.165, 1.54) is 11.3 Å². The van der Waals surface area contributed by atoms with Gasteiger partial charge in [-0.15, -0.1) is 11.3 Å². The Morgan fingerprint density at radius 2 is 1.90 bits per heavy atom. The highest BCUT2D eigenvalue weighted by atomic mass is 32.2. The van der Waals surface area contributed by atoms with Crippen LogP contribution in [0.5, 0.6) is 0 Å². The maximum Gasteiger partial charge on any atom is 0.275 e. The van der Waals surface area contributed by atoms with Crippen LogP contribution in [-0.2, 0) is 14.8 Å². The topological polar surface area (TPSA) is 91.8 Å². The lowest BCUT2D eigenvalue weighted by Gasteiger charge is -2.30. The summed E-state index contributed by atoms with van der Waals surface area (Å²) >= 11 is 1.47. The first-order chi connectivity index (χ1) is 15.0. The molecular weight excluding hydrogens is 436 g/mol. The molecule has 0 spiro atoms. The van der Waals surface area contributed by atoms with Crippen molar-refractivity contribution >= 4 is 38.6 Å². The summed E-state index contributed by atoms with van der Waals surface area (Å²) in [6, 6.07) is 7.78. The summed E-state index contributed by atoms with van der Waals surface area (Å²) in [6.45, 7) is 5.63. The van der Waals surface area contributed by atoms with Gasteiger partial charge in [0.05, 0.1) is 35.3 Å². The predicted octanol–water partition coefficient (Wildman–Crippen LogP) is 2.76. The molecule has 0 unspecified atom stereocenters. The van der Waals surface area contributed by atoms with Crippen molar-refractivity contribution in [1.29, 1.82) is 0 Å². The molecule has 3 heterocycles. The van der Waals surface area contributed by atoms with E-state index in [1.807, 2.05) is 24.3 Å². The van der Waals surface area contributed by atoms with E-state index in [9.17, 15) is 13.2 Å². The minimum Gasteiger partial charge on any atom is -0.378 e. The van der Waals surface area contributed by atoms with Gasteiger partial charge in [-0.2, -0.15) is 0 Å². The maximum absolute atomic E-state index is 12.9. The fourth-order valence-electron chi connectivity index (χ4n) is 3.99. The van der Waals surface area contributed by atoms with Crippen molar-refractivity contribution in [2.24, 2.45) is 0 Å². The van der Waals surface area contributed by atoms with Gasteiger partial charge in [0.2, 0.25) is 10.0 Å². The molecule has 10 heteroatoms. The zero-order valence-corrected chi connectivity index (χ0v) is 19.3. The Morgan fingerprint density at radius 3 is 2.61 bits per heavy atom. The number of aromatic nitrogens is 1. The van der Waals surface area contributed by atoms with E-state index < -0.39 is 10.0 Å². The highest BCUT2D eigenvalue weighted by molar-refractivity contribution is 7.89. The zero-order valence-electron chi connectivity index (χ0n) is 17.6. The number of rotatable bonds is 6. The van der Waals surface area contributed by atoms with Gasteiger partial charge in [0, 0.05) is 37.5 Å². The number of nitrogens with zero attached hydrogens (tertiary/aromatic N) is 3. The average Bonchev–Trinajstić information content (AvgIpc) is 3.31. The number of piperidine rings is 1. The first-order valence-electron chi connectivity index (χ1n) is 10.6. The Hall–Kier alpha value is -2.01. The number of morpholine rings is 1. The van der Waals surface area contributed by atoms with E-state index in [1.54, 1.807) is 16.6 Å². The van der Waals surface area contributed by atoms with E-state index in [0.717, 1.165) is 42.3 Å². The number of hydrogen-bond donors (Lipinski definition) is 1. The van der Waals surface area contributed by atoms with E-state index >= 15 is 0 Å². The number of carbonyl (C=O) groups excluding carboxylic acids is 1. The predicted molar refractivity (Wildman–Crippen MR) is 123 cm³/mol. The largest absolute Gasteiger partial charge is 0.378 e. The first kappa shape index (κ1) is 22.2. The van der Waals surface area contributed by atoms with Crippen LogP contribution in [0.2, 0.25) is 0 Å². The first-order valence-corrected chi connectivity index (χ1v) is 13.1. The number of para-hydroxylation sites is 2. The van der Waals surface area contributed by atoms with Gasteiger partial charge < -0.3 is 15.0 Å². The fourth-order valence-corrected chi connectivity index (χ4v) is 6.09. The number of carbonyl (C=O) groups is 1. The van der Waals surface area contributed by atoms with Crippen LogP contribution >= 0.6 is 11.3 Å². The van der Waals surface area contributed by atoms with Crippen LogP contribution in [0.3, 0.4) is 0 Å². The third-order valence-corrected chi connectivity index (χ3v) is 8.71. The third kappa shape index (κ3) is 5.08. The number of anilines is 2. The van der Waals surface area contributed by atoms with Crippen molar-refractivity contribution in [3.8, 4) is 0 Å². The van der Waals surface area contributed by atoms with Gasteiger partial charge in [-0.05, 0) is 31.9 Å². The molecule has 0 radical (unpaired) electrons. The molecule has 4 rings (SSSR count). The van der Waals surface area contributed by atoms with Crippen molar-refractivity contribution < 1.29 is 17.9 Å². The summed E-state index contributed by atoms with van der Waals surface area (Å²) in [5, 5.41) is 5.70. The van der Waals surface area contributed by atoms with Crippen LogP contribution in [-0.4, -0.2) is 68.8 Å². The monoisotopic (exact) mass is 464 g/mol. The van der Waals surface area contributed by atoms with Crippen LogP contribution in [0, 0.1) is 0 Å². The summed E-state index contributed by atoms with van der Waals surface area (Å²) in [4.78, 5) is 19.7. The van der Waals surface area contributed by atoms with Gasteiger partial charge in [0.1, 0.15) is 5.69 Å². The van der Waals surface area contributed by atoms with Crippen LogP contribution in [0.1, 0.15) is 41.2 Å². The average molecular weight is 465 g/mol. The number of ether oxygens (including phenoxy) is 1. The molecule has 1 amide bonds. The van der Waals surface area contributed by atoms with Crippen LogP contribution in [0.4, 0.5) is 11.4 Å². The molecule has 0 saturated carbocycles. The molecular formula is C21H28N4O4S2. The SMILES string of the molecule is CCS(=O)(=O)N1CCC(c2nc(C(=O)Nc3ccccc3N3CCOCC3)cs2)CC1. The Morgan fingerprint density at radius 1 is 1.19 bits per heavy atom. The number of benzene rings is 1. The van der Waals surface area contributed by atoms with Gasteiger partial charge >= 0.3 is 0 Å². The second-order valence-electron chi connectivity index (χ2n) is 7.72. The summed E-state index contributed by atoms with van der Waals surface area (Å²) in [7, 11) is -3.14. The summed E-state index contributed by atoms with van der Waals surface area (Å²) in [5.74, 6) is 0.0928. The van der Waals surface area contributed by atoms with Crippen molar-refractivity contribution in [1.82, 2.24) is 9.29 Å². The molecule has 0 atom stereocenters. The molecule has 1 aromatic carbocycles. The molecule has 2 aromatic rings. The number of sulfonamides is 1. The summed E-state index contributed by atoms with van der Waals surface area (Å²) in [6.07, 6.45) is 1.46. The van der Waals surface area contributed by atoms with Crippen LogP contribution < -0.4 is 10.2 Å². The third-order valence-electron chi connectivity index (χ3n) is 5.82. The molecule has 0 bridgehead atoms. The number of hydrogen-bond acceptors (Lipinski definition) is 7. The summed E-state index contributed by atoms with van der Waals surface area (Å²) in [5.41, 5.74) is 2.15. The Kier molecular flexibility index (Phi) is 6.90. The number of amides is 1. The maximum atomic E-state index is 12.9. The van der Waals surface area contributed by atoms with E-state index in [2.05, 4.69) is 15.2 Å². The van der Waals surface area contributed by atoms with Gasteiger partial charge in [-0.25, -0.2) is 17.7 Å². The second-order valence-corrected chi connectivity index (χ2v) is 10.9. The zero-order chi connectivity index (χ0) is 21.8.